The number of H-pyrrole nitrogens is 1. The topological polar surface area (TPSA) is 71.6 Å². The van der Waals surface area contributed by atoms with Crippen molar-refractivity contribution in [3.8, 4) is 0 Å². The third kappa shape index (κ3) is 2.29. The minimum absolute atomic E-state index is 0.0494. The number of nitrogens with one attached hydrogen (secondary N) is 1. The maximum atomic E-state index is 10.8. The van der Waals surface area contributed by atoms with Crippen LogP contribution in [0.15, 0.2) is 12.1 Å². The molecule has 6 heteroatoms. The Labute approximate surface area is 98.0 Å². The van der Waals surface area contributed by atoms with Gasteiger partial charge in [0, 0.05) is 14.2 Å². The molecule has 0 atom stereocenters. The molecular weight excluding hydrogens is 230 g/mol. The fourth-order valence-corrected chi connectivity index (χ4v) is 1.48. The number of aromatic carboxylic acids is 1. The average Bonchev–Trinajstić information content (AvgIpc) is 2.27. The fourth-order valence-electron chi connectivity index (χ4n) is 1.21. The summed E-state index contributed by atoms with van der Waals surface area (Å²) in [5, 5.41) is 8.82. The van der Waals surface area contributed by atoms with Gasteiger partial charge in [-0.25, -0.2) is 4.79 Å². The average molecular weight is 243 g/mol. The van der Waals surface area contributed by atoms with Gasteiger partial charge in [-0.3, -0.25) is 0 Å². The molecule has 0 unspecified atom stereocenters. The van der Waals surface area contributed by atoms with Gasteiger partial charge in [0.15, 0.2) is 0 Å². The second-order valence-corrected chi connectivity index (χ2v) is 3.68. The molecule has 1 rings (SSSR count). The molecule has 0 radical (unpaired) electrons. The number of hydrogen-bond donors (Lipinski definition) is 2. The van der Waals surface area contributed by atoms with Crippen LogP contribution in [0.5, 0.6) is 0 Å². The molecule has 1 aromatic heterocycles. The first-order valence-corrected chi connectivity index (χ1v) is 4.93. The van der Waals surface area contributed by atoms with Gasteiger partial charge in [-0.2, -0.15) is 0 Å². The minimum Gasteiger partial charge on any atom is -0.478 e. The van der Waals surface area contributed by atoms with Crippen LogP contribution in [-0.4, -0.2) is 30.3 Å². The first-order chi connectivity index (χ1) is 7.44. The summed E-state index contributed by atoms with van der Waals surface area (Å²) < 4.78 is 10.5. The molecule has 0 saturated carbocycles. The number of rotatable bonds is 4. The highest BCUT2D eigenvalue weighted by atomic mass is 32.1. The third-order valence-corrected chi connectivity index (χ3v) is 2.73. The van der Waals surface area contributed by atoms with E-state index in [-0.39, 0.29) is 10.2 Å². The molecule has 88 valence electrons. The lowest BCUT2D eigenvalue weighted by Gasteiger charge is -2.26. The Hall–Kier alpha value is -1.24. The van der Waals surface area contributed by atoms with E-state index in [1.807, 2.05) is 0 Å². The van der Waals surface area contributed by atoms with E-state index in [4.69, 9.17) is 26.8 Å². The molecule has 5 nitrogen and oxygen atoms in total. The number of ether oxygens (including phenoxy) is 2. The first kappa shape index (κ1) is 12.8. The van der Waals surface area contributed by atoms with Crippen molar-refractivity contribution in [3.63, 3.8) is 0 Å². The van der Waals surface area contributed by atoms with E-state index >= 15 is 0 Å². The molecule has 0 spiro atoms. The number of hydrogen-bond acceptors (Lipinski definition) is 4. The zero-order chi connectivity index (χ0) is 12.3. The quantitative estimate of drug-likeness (QED) is 0.624. The van der Waals surface area contributed by atoms with Gasteiger partial charge in [0.25, 0.3) is 0 Å². The number of pyridine rings is 1. The maximum Gasteiger partial charge on any atom is 0.338 e. The van der Waals surface area contributed by atoms with Gasteiger partial charge in [-0.15, -0.1) is 0 Å². The van der Waals surface area contributed by atoms with Crippen molar-refractivity contribution in [1.29, 1.82) is 0 Å². The summed E-state index contributed by atoms with van der Waals surface area (Å²) in [6.45, 7) is 1.70. The number of methoxy groups -OCH3 is 2. The van der Waals surface area contributed by atoms with Crippen molar-refractivity contribution in [1.82, 2.24) is 4.98 Å². The van der Waals surface area contributed by atoms with Crippen LogP contribution in [0, 0.1) is 4.64 Å². The molecule has 16 heavy (non-hydrogen) atoms. The highest BCUT2D eigenvalue weighted by Crippen LogP contribution is 2.23. The second kappa shape index (κ2) is 4.73. The summed E-state index contributed by atoms with van der Waals surface area (Å²) in [4.78, 5) is 13.6. The highest BCUT2D eigenvalue weighted by molar-refractivity contribution is 7.71. The smallest absolute Gasteiger partial charge is 0.338 e. The summed E-state index contributed by atoms with van der Waals surface area (Å²) in [6, 6.07) is 3.00. The molecular formula is C10H13NO4S. The number of carbonyl (C=O) groups is 1. The van der Waals surface area contributed by atoms with E-state index in [0.29, 0.717) is 5.69 Å². The largest absolute Gasteiger partial charge is 0.478 e. The van der Waals surface area contributed by atoms with E-state index < -0.39 is 11.8 Å². The fraction of sp³-hybridized carbons (Fsp3) is 0.400. The maximum absolute atomic E-state index is 10.8. The van der Waals surface area contributed by atoms with Crippen LogP contribution in [0.4, 0.5) is 0 Å². The van der Waals surface area contributed by atoms with E-state index in [2.05, 4.69) is 4.98 Å². The van der Waals surface area contributed by atoms with Crippen molar-refractivity contribution >= 4 is 18.2 Å². The Bertz CT molecular complexity index is 450. The van der Waals surface area contributed by atoms with Gasteiger partial charge < -0.3 is 19.6 Å². The van der Waals surface area contributed by atoms with Crippen molar-refractivity contribution in [2.24, 2.45) is 0 Å². The molecule has 1 aromatic rings. The number of carboxylic acids is 1. The SMILES string of the molecule is COC(C)(OC)c1ccc(C(=O)O)c(=S)[nH]1. The lowest BCUT2D eigenvalue weighted by atomic mass is 10.1. The zero-order valence-electron chi connectivity index (χ0n) is 9.23. The minimum atomic E-state index is -1.07. The first-order valence-electron chi connectivity index (χ1n) is 4.52. The predicted octanol–water partition coefficient (Wildman–Crippen LogP) is 1.91. The lowest BCUT2D eigenvalue weighted by Crippen LogP contribution is -2.28. The van der Waals surface area contributed by atoms with Crippen LogP contribution >= 0.6 is 12.2 Å². The molecule has 0 amide bonds. The predicted molar refractivity (Wildman–Crippen MR) is 60.0 cm³/mol. The summed E-state index contributed by atoms with van der Waals surface area (Å²) in [6.07, 6.45) is 0. The Kier molecular flexibility index (Phi) is 3.79. The molecule has 0 aliphatic rings. The Balaban J connectivity index is 3.25. The van der Waals surface area contributed by atoms with Gasteiger partial charge in [0.2, 0.25) is 5.79 Å². The van der Waals surface area contributed by atoms with Crippen molar-refractivity contribution in [3.05, 3.63) is 28.0 Å². The summed E-state index contributed by atoms with van der Waals surface area (Å²) >= 11 is 4.93. The second-order valence-electron chi connectivity index (χ2n) is 3.27. The molecule has 0 aliphatic heterocycles. The van der Waals surface area contributed by atoms with E-state index in [9.17, 15) is 4.79 Å². The Morgan fingerprint density at radius 3 is 2.38 bits per heavy atom. The normalized spacial score (nSPS) is 11.4. The van der Waals surface area contributed by atoms with Crippen LogP contribution in [0.2, 0.25) is 0 Å². The Morgan fingerprint density at radius 2 is 2.00 bits per heavy atom. The zero-order valence-corrected chi connectivity index (χ0v) is 10.1. The van der Waals surface area contributed by atoms with Gasteiger partial charge in [-0.05, 0) is 19.1 Å². The molecule has 0 aliphatic carbocycles. The molecule has 0 saturated heterocycles. The van der Waals surface area contributed by atoms with Crippen LogP contribution in [0.25, 0.3) is 0 Å². The van der Waals surface area contributed by atoms with Crippen LogP contribution in [-0.2, 0) is 15.3 Å². The van der Waals surface area contributed by atoms with Crippen molar-refractivity contribution in [2.75, 3.05) is 14.2 Å². The number of carboxylic acid groups (broad SMARTS) is 1. The summed E-state index contributed by atoms with van der Waals surface area (Å²) in [5.74, 6) is -2.03. The molecule has 0 bridgehead atoms. The summed E-state index contributed by atoms with van der Waals surface area (Å²) in [7, 11) is 2.98. The van der Waals surface area contributed by atoms with Crippen molar-refractivity contribution < 1.29 is 19.4 Å². The van der Waals surface area contributed by atoms with E-state index in [1.54, 1.807) is 13.0 Å². The van der Waals surface area contributed by atoms with Gasteiger partial charge in [0.1, 0.15) is 4.64 Å². The van der Waals surface area contributed by atoms with Crippen LogP contribution in [0.1, 0.15) is 23.0 Å². The highest BCUT2D eigenvalue weighted by Gasteiger charge is 2.26. The lowest BCUT2D eigenvalue weighted by molar-refractivity contribution is -0.204. The van der Waals surface area contributed by atoms with Gasteiger partial charge in [0.05, 0.1) is 11.3 Å². The van der Waals surface area contributed by atoms with Crippen LogP contribution < -0.4 is 0 Å². The molecule has 0 aromatic carbocycles. The van der Waals surface area contributed by atoms with E-state index in [0.717, 1.165) is 0 Å². The summed E-state index contributed by atoms with van der Waals surface area (Å²) in [5.41, 5.74) is 0.612. The number of aromatic amines is 1. The Morgan fingerprint density at radius 1 is 1.44 bits per heavy atom. The molecule has 0 fully saturated rings. The molecule has 2 N–H and O–H groups in total. The third-order valence-electron chi connectivity index (χ3n) is 2.41. The van der Waals surface area contributed by atoms with Gasteiger partial charge >= 0.3 is 5.97 Å². The standard InChI is InChI=1S/C10H13NO4S/c1-10(14-2,15-3)7-5-4-6(9(12)13)8(16)11-7/h4-5H,1-3H3,(H,11,16)(H,12,13). The van der Waals surface area contributed by atoms with Gasteiger partial charge in [-0.1, -0.05) is 12.2 Å². The van der Waals surface area contributed by atoms with Crippen molar-refractivity contribution in [2.45, 2.75) is 12.7 Å². The molecule has 1 heterocycles. The monoisotopic (exact) mass is 243 g/mol. The van der Waals surface area contributed by atoms with E-state index in [1.165, 1.54) is 20.3 Å². The number of aromatic nitrogens is 1. The van der Waals surface area contributed by atoms with Crippen LogP contribution in [0.3, 0.4) is 0 Å².